The molecule has 34 heavy (non-hydrogen) atoms. The van der Waals surface area contributed by atoms with E-state index >= 15 is 0 Å². The monoisotopic (exact) mass is 460 g/mol. The minimum atomic E-state index is 0.718. The van der Waals surface area contributed by atoms with Crippen LogP contribution in [-0.2, 0) is 12.2 Å². The van der Waals surface area contributed by atoms with Gasteiger partial charge in [0, 0.05) is 34.5 Å². The zero-order valence-corrected chi connectivity index (χ0v) is 19.7. The summed E-state index contributed by atoms with van der Waals surface area (Å²) in [6.07, 6.45) is 0.718. The first kappa shape index (κ1) is 20.8. The van der Waals surface area contributed by atoms with Crippen LogP contribution in [0.15, 0.2) is 102 Å². The highest BCUT2D eigenvalue weighted by molar-refractivity contribution is 7.98. The molecule has 166 valence electrons. The van der Waals surface area contributed by atoms with Gasteiger partial charge in [0.05, 0.1) is 0 Å². The number of nitrogens with one attached hydrogen (secondary N) is 1. The first-order valence-corrected chi connectivity index (χ1v) is 12.4. The molecular formula is C29H24N4S. The molecule has 4 nitrogen and oxygen atoms in total. The summed E-state index contributed by atoms with van der Waals surface area (Å²) >= 11 is 1.73. The second kappa shape index (κ2) is 8.84. The number of para-hydroxylation sites is 2. The smallest absolute Gasteiger partial charge is 0.196 e. The number of H-pyrrole nitrogens is 1. The van der Waals surface area contributed by atoms with E-state index in [0.29, 0.717) is 0 Å². The molecule has 6 aromatic rings. The molecule has 6 rings (SSSR count). The number of rotatable bonds is 6. The molecule has 0 aliphatic carbocycles. The molecule has 0 aliphatic heterocycles. The summed E-state index contributed by atoms with van der Waals surface area (Å²) in [6.45, 7) is 2.14. The summed E-state index contributed by atoms with van der Waals surface area (Å²) in [6, 6.07) is 33.9. The van der Waals surface area contributed by atoms with Crippen LogP contribution >= 0.6 is 11.8 Å². The molecule has 0 fully saturated rings. The highest BCUT2D eigenvalue weighted by Crippen LogP contribution is 2.31. The van der Waals surface area contributed by atoms with Crippen LogP contribution in [0.3, 0.4) is 0 Å². The summed E-state index contributed by atoms with van der Waals surface area (Å²) in [5.74, 6) is 1.77. The van der Waals surface area contributed by atoms with Gasteiger partial charge in [0.1, 0.15) is 5.82 Å². The Bertz CT molecular complexity index is 1590. The topological polar surface area (TPSA) is 46.5 Å². The summed E-state index contributed by atoms with van der Waals surface area (Å²) in [5.41, 5.74) is 6.04. The number of thioether (sulfide) groups is 1. The second-order valence-electron chi connectivity index (χ2n) is 8.45. The van der Waals surface area contributed by atoms with Gasteiger partial charge in [-0.25, -0.2) is 0 Å². The predicted octanol–water partition coefficient (Wildman–Crippen LogP) is 7.09. The normalized spacial score (nSPS) is 11.4. The van der Waals surface area contributed by atoms with Crippen molar-refractivity contribution in [1.29, 1.82) is 0 Å². The third kappa shape index (κ3) is 3.78. The van der Waals surface area contributed by atoms with Crippen molar-refractivity contribution >= 4 is 33.4 Å². The van der Waals surface area contributed by atoms with Crippen molar-refractivity contribution in [1.82, 2.24) is 19.7 Å². The lowest BCUT2D eigenvalue weighted by atomic mass is 10.0. The van der Waals surface area contributed by atoms with Crippen molar-refractivity contribution < 1.29 is 0 Å². The predicted molar refractivity (Wildman–Crippen MR) is 141 cm³/mol. The quantitative estimate of drug-likeness (QED) is 0.270. The standard InChI is InChI=1S/C29H24N4S/c1-20-26(25-16-7-8-17-27(25)30-20)19-34-29-32-31-28(33(29)23-13-3-2-4-14-23)18-22-12-9-11-21-10-5-6-15-24(21)22/h2-17,30H,18-19H2,1H3. The van der Waals surface area contributed by atoms with Gasteiger partial charge >= 0.3 is 0 Å². The largest absolute Gasteiger partial charge is 0.358 e. The van der Waals surface area contributed by atoms with Crippen LogP contribution in [0.2, 0.25) is 0 Å². The molecule has 0 radical (unpaired) electrons. The van der Waals surface area contributed by atoms with Crippen molar-refractivity contribution in [3.05, 3.63) is 120 Å². The number of hydrogen-bond acceptors (Lipinski definition) is 3. The summed E-state index contributed by atoms with van der Waals surface area (Å²) in [4.78, 5) is 3.51. The summed E-state index contributed by atoms with van der Waals surface area (Å²) in [5, 5.41) is 14.0. The molecule has 0 atom stereocenters. The molecule has 0 bridgehead atoms. The van der Waals surface area contributed by atoms with Crippen molar-refractivity contribution in [2.24, 2.45) is 0 Å². The minimum absolute atomic E-state index is 0.718. The molecule has 0 amide bonds. The van der Waals surface area contributed by atoms with E-state index in [4.69, 9.17) is 0 Å². The SMILES string of the molecule is Cc1[nH]c2ccccc2c1CSc1nnc(Cc2cccc3ccccc23)n1-c1ccccc1. The molecule has 2 heterocycles. The lowest BCUT2D eigenvalue weighted by Gasteiger charge is -2.11. The molecule has 0 unspecified atom stereocenters. The number of aromatic nitrogens is 4. The van der Waals surface area contributed by atoms with Crippen LogP contribution in [0, 0.1) is 6.92 Å². The first-order chi connectivity index (χ1) is 16.8. The number of aromatic amines is 1. The second-order valence-corrected chi connectivity index (χ2v) is 9.39. The van der Waals surface area contributed by atoms with Crippen LogP contribution in [-0.4, -0.2) is 19.7 Å². The fourth-order valence-corrected chi connectivity index (χ4v) is 5.70. The van der Waals surface area contributed by atoms with E-state index in [1.165, 1.54) is 38.5 Å². The van der Waals surface area contributed by atoms with Gasteiger partial charge in [0.2, 0.25) is 0 Å². The average molecular weight is 461 g/mol. The van der Waals surface area contributed by atoms with E-state index in [0.717, 1.165) is 28.8 Å². The Kier molecular flexibility index (Phi) is 5.40. The molecule has 0 aliphatic rings. The lowest BCUT2D eigenvalue weighted by molar-refractivity contribution is 0.849. The van der Waals surface area contributed by atoms with Crippen LogP contribution < -0.4 is 0 Å². The number of fused-ring (bicyclic) bond motifs is 2. The molecule has 1 N–H and O–H groups in total. The molecule has 5 heteroatoms. The highest BCUT2D eigenvalue weighted by atomic mass is 32.2. The van der Waals surface area contributed by atoms with Crippen molar-refractivity contribution in [2.75, 3.05) is 0 Å². The van der Waals surface area contributed by atoms with Gasteiger partial charge in [-0.3, -0.25) is 4.57 Å². The van der Waals surface area contributed by atoms with E-state index in [2.05, 4.69) is 118 Å². The van der Waals surface area contributed by atoms with E-state index < -0.39 is 0 Å². The lowest BCUT2D eigenvalue weighted by Crippen LogP contribution is -2.04. The Balaban J connectivity index is 1.38. The van der Waals surface area contributed by atoms with Crippen LogP contribution in [0.4, 0.5) is 0 Å². The van der Waals surface area contributed by atoms with Crippen molar-refractivity contribution in [3.8, 4) is 5.69 Å². The summed E-state index contributed by atoms with van der Waals surface area (Å²) in [7, 11) is 0. The van der Waals surface area contributed by atoms with E-state index in [1.807, 2.05) is 6.07 Å². The Morgan fingerprint density at radius 1 is 0.765 bits per heavy atom. The van der Waals surface area contributed by atoms with Crippen LogP contribution in [0.5, 0.6) is 0 Å². The average Bonchev–Trinajstić information content (AvgIpc) is 3.43. The van der Waals surface area contributed by atoms with Crippen molar-refractivity contribution in [2.45, 2.75) is 24.3 Å². The van der Waals surface area contributed by atoms with Gasteiger partial charge in [0.25, 0.3) is 0 Å². The zero-order chi connectivity index (χ0) is 22.9. The van der Waals surface area contributed by atoms with Gasteiger partial charge in [-0.15, -0.1) is 10.2 Å². The molecular weight excluding hydrogens is 436 g/mol. The molecule has 0 saturated carbocycles. The van der Waals surface area contributed by atoms with E-state index in [9.17, 15) is 0 Å². The van der Waals surface area contributed by atoms with E-state index in [1.54, 1.807) is 11.8 Å². The molecule has 0 spiro atoms. The van der Waals surface area contributed by atoms with Crippen molar-refractivity contribution in [3.63, 3.8) is 0 Å². The van der Waals surface area contributed by atoms with Gasteiger partial charge in [0.15, 0.2) is 5.16 Å². The molecule has 0 saturated heterocycles. The van der Waals surface area contributed by atoms with Crippen LogP contribution in [0.25, 0.3) is 27.4 Å². The maximum atomic E-state index is 4.66. The molecule has 4 aromatic carbocycles. The van der Waals surface area contributed by atoms with Gasteiger partial charge in [-0.05, 0) is 47.0 Å². The van der Waals surface area contributed by atoms with Gasteiger partial charge in [-0.1, -0.05) is 90.6 Å². The van der Waals surface area contributed by atoms with Crippen LogP contribution in [0.1, 0.15) is 22.6 Å². The number of benzene rings is 4. The third-order valence-electron chi connectivity index (χ3n) is 6.32. The number of hydrogen-bond donors (Lipinski definition) is 1. The van der Waals surface area contributed by atoms with E-state index in [-0.39, 0.29) is 0 Å². The third-order valence-corrected chi connectivity index (χ3v) is 7.27. The molecule has 2 aromatic heterocycles. The first-order valence-electron chi connectivity index (χ1n) is 11.4. The maximum absolute atomic E-state index is 4.66. The summed E-state index contributed by atoms with van der Waals surface area (Å²) < 4.78 is 2.20. The Hall–Kier alpha value is -3.83. The fourth-order valence-electron chi connectivity index (χ4n) is 4.62. The Morgan fingerprint density at radius 2 is 1.50 bits per heavy atom. The highest BCUT2D eigenvalue weighted by Gasteiger charge is 2.17. The fraction of sp³-hybridized carbons (Fsp3) is 0.103. The van der Waals surface area contributed by atoms with Gasteiger partial charge in [-0.2, -0.15) is 0 Å². The Morgan fingerprint density at radius 3 is 2.38 bits per heavy atom. The zero-order valence-electron chi connectivity index (χ0n) is 18.9. The minimum Gasteiger partial charge on any atom is -0.358 e. The number of aryl methyl sites for hydroxylation is 1. The van der Waals surface area contributed by atoms with Gasteiger partial charge < -0.3 is 4.98 Å². The number of nitrogens with zero attached hydrogens (tertiary/aromatic N) is 3. The maximum Gasteiger partial charge on any atom is 0.196 e. The Labute approximate surface area is 202 Å².